The molecule has 0 saturated carbocycles. The average molecular weight is 370 g/mol. The van der Waals surface area contributed by atoms with Crippen LogP contribution >= 0.6 is 0 Å². The Morgan fingerprint density at radius 2 is 1.56 bits per heavy atom. The van der Waals surface area contributed by atoms with Crippen molar-refractivity contribution in [3.05, 3.63) is 58.7 Å². The predicted molar refractivity (Wildman–Crippen MR) is 104 cm³/mol. The minimum atomic E-state index is -0.432. The minimum Gasteiger partial charge on any atom is -0.493 e. The number of carbonyl (C=O) groups excluding carboxylic acids is 2. The monoisotopic (exact) mass is 370 g/mol. The zero-order valence-electron chi connectivity index (χ0n) is 16.2. The first-order valence-corrected chi connectivity index (χ1v) is 8.83. The van der Waals surface area contributed by atoms with E-state index in [0.717, 1.165) is 28.0 Å². The van der Waals surface area contributed by atoms with Gasteiger partial charge in [0.1, 0.15) is 11.5 Å². The van der Waals surface area contributed by atoms with Gasteiger partial charge in [-0.2, -0.15) is 0 Å². The number of aryl methyl sites for hydroxylation is 3. The van der Waals surface area contributed by atoms with E-state index in [1.165, 1.54) is 0 Å². The Hall–Kier alpha value is -3.02. The molecule has 0 fully saturated rings. The first kappa shape index (κ1) is 20.3. The standard InChI is InChI=1S/C21H26N2O4/c1-14-10-15(2)12-18(11-14)27-13-21(25)23-22-20(24)8-9-26-19-7-5-6-16(3)17(19)4/h5-7,10-12H,8-9,13H2,1-4H3,(H,22,24)(H,23,25). The fraction of sp³-hybridized carbons (Fsp3) is 0.333. The van der Waals surface area contributed by atoms with Crippen molar-refractivity contribution in [1.29, 1.82) is 0 Å². The molecule has 2 aromatic carbocycles. The topological polar surface area (TPSA) is 76.7 Å². The van der Waals surface area contributed by atoms with Crippen LogP contribution in [0, 0.1) is 27.7 Å². The Balaban J connectivity index is 1.67. The lowest BCUT2D eigenvalue weighted by atomic mass is 10.1. The average Bonchev–Trinajstić information content (AvgIpc) is 2.61. The Morgan fingerprint density at radius 1 is 0.889 bits per heavy atom. The number of hydrogen-bond donors (Lipinski definition) is 2. The van der Waals surface area contributed by atoms with Crippen LogP contribution in [-0.4, -0.2) is 25.0 Å². The van der Waals surface area contributed by atoms with Gasteiger partial charge in [-0.25, -0.2) is 0 Å². The number of carbonyl (C=O) groups is 2. The molecule has 0 unspecified atom stereocenters. The van der Waals surface area contributed by atoms with Crippen molar-refractivity contribution >= 4 is 11.8 Å². The number of benzene rings is 2. The summed E-state index contributed by atoms with van der Waals surface area (Å²) in [5.74, 6) is 0.614. The number of hydrazine groups is 1. The zero-order chi connectivity index (χ0) is 19.8. The molecule has 0 spiro atoms. The van der Waals surface area contributed by atoms with Gasteiger partial charge < -0.3 is 9.47 Å². The van der Waals surface area contributed by atoms with Crippen LogP contribution in [0.5, 0.6) is 11.5 Å². The number of hydrogen-bond acceptors (Lipinski definition) is 4. The molecule has 2 amide bonds. The summed E-state index contributed by atoms with van der Waals surface area (Å²) in [6.45, 7) is 7.94. The quantitative estimate of drug-likeness (QED) is 0.735. The summed E-state index contributed by atoms with van der Waals surface area (Å²) in [6.07, 6.45) is 0.131. The molecular weight excluding hydrogens is 344 g/mol. The SMILES string of the molecule is Cc1cc(C)cc(OCC(=O)NNC(=O)CCOc2cccc(C)c2C)c1. The summed E-state index contributed by atoms with van der Waals surface area (Å²) in [6, 6.07) is 11.5. The molecule has 0 heterocycles. The lowest BCUT2D eigenvalue weighted by Gasteiger charge is -2.12. The number of ether oxygens (including phenoxy) is 2. The normalized spacial score (nSPS) is 10.2. The van der Waals surface area contributed by atoms with Gasteiger partial charge in [-0.15, -0.1) is 0 Å². The summed E-state index contributed by atoms with van der Waals surface area (Å²) in [7, 11) is 0. The van der Waals surface area contributed by atoms with Gasteiger partial charge in [0, 0.05) is 0 Å². The van der Waals surface area contributed by atoms with Crippen LogP contribution in [0.2, 0.25) is 0 Å². The first-order chi connectivity index (χ1) is 12.8. The van der Waals surface area contributed by atoms with Crippen LogP contribution < -0.4 is 20.3 Å². The second-order valence-electron chi connectivity index (χ2n) is 6.50. The van der Waals surface area contributed by atoms with Gasteiger partial charge in [0.25, 0.3) is 5.91 Å². The van der Waals surface area contributed by atoms with E-state index >= 15 is 0 Å². The van der Waals surface area contributed by atoms with Crippen molar-refractivity contribution in [3.8, 4) is 11.5 Å². The molecule has 2 rings (SSSR count). The highest BCUT2D eigenvalue weighted by atomic mass is 16.5. The van der Waals surface area contributed by atoms with Crippen LogP contribution in [0.1, 0.15) is 28.7 Å². The third-order valence-corrected chi connectivity index (χ3v) is 4.05. The van der Waals surface area contributed by atoms with Crippen molar-refractivity contribution in [2.24, 2.45) is 0 Å². The highest BCUT2D eigenvalue weighted by Gasteiger charge is 2.08. The Morgan fingerprint density at radius 3 is 2.26 bits per heavy atom. The van der Waals surface area contributed by atoms with Crippen LogP contribution in [0.4, 0.5) is 0 Å². The third kappa shape index (κ3) is 6.66. The maximum absolute atomic E-state index is 11.8. The van der Waals surface area contributed by atoms with Crippen molar-refractivity contribution in [2.75, 3.05) is 13.2 Å². The predicted octanol–water partition coefficient (Wildman–Crippen LogP) is 2.92. The number of nitrogens with one attached hydrogen (secondary N) is 2. The molecule has 0 aliphatic heterocycles. The van der Waals surface area contributed by atoms with E-state index in [1.54, 1.807) is 0 Å². The molecule has 6 nitrogen and oxygen atoms in total. The third-order valence-electron chi connectivity index (χ3n) is 4.05. The van der Waals surface area contributed by atoms with Gasteiger partial charge in [0.2, 0.25) is 5.91 Å². The van der Waals surface area contributed by atoms with E-state index in [2.05, 4.69) is 10.9 Å². The summed E-state index contributed by atoms with van der Waals surface area (Å²) >= 11 is 0. The van der Waals surface area contributed by atoms with Crippen molar-refractivity contribution in [2.45, 2.75) is 34.1 Å². The molecule has 2 aromatic rings. The number of amides is 2. The van der Waals surface area contributed by atoms with E-state index in [4.69, 9.17) is 9.47 Å². The fourth-order valence-corrected chi connectivity index (χ4v) is 2.54. The molecule has 0 radical (unpaired) electrons. The molecule has 27 heavy (non-hydrogen) atoms. The largest absolute Gasteiger partial charge is 0.493 e. The second kappa shape index (κ2) is 9.62. The zero-order valence-corrected chi connectivity index (χ0v) is 16.2. The van der Waals surface area contributed by atoms with Crippen molar-refractivity contribution < 1.29 is 19.1 Å². The van der Waals surface area contributed by atoms with Gasteiger partial charge in [-0.3, -0.25) is 20.4 Å². The minimum absolute atomic E-state index is 0.131. The highest BCUT2D eigenvalue weighted by Crippen LogP contribution is 2.20. The van der Waals surface area contributed by atoms with Gasteiger partial charge in [-0.1, -0.05) is 18.2 Å². The lowest BCUT2D eigenvalue weighted by Crippen LogP contribution is -2.44. The molecule has 144 valence electrons. The maximum atomic E-state index is 11.8. The van der Waals surface area contributed by atoms with E-state index in [0.29, 0.717) is 5.75 Å². The van der Waals surface area contributed by atoms with Gasteiger partial charge in [-0.05, 0) is 68.1 Å². The lowest BCUT2D eigenvalue weighted by molar-refractivity contribution is -0.130. The molecule has 2 N–H and O–H groups in total. The van der Waals surface area contributed by atoms with E-state index in [1.807, 2.05) is 64.1 Å². The molecule has 0 aromatic heterocycles. The second-order valence-corrected chi connectivity index (χ2v) is 6.50. The van der Waals surface area contributed by atoms with E-state index in [-0.39, 0.29) is 25.5 Å². The molecule has 6 heteroatoms. The van der Waals surface area contributed by atoms with Crippen molar-refractivity contribution in [3.63, 3.8) is 0 Å². The molecule has 0 bridgehead atoms. The fourth-order valence-electron chi connectivity index (χ4n) is 2.54. The maximum Gasteiger partial charge on any atom is 0.276 e. The van der Waals surface area contributed by atoms with Gasteiger partial charge in [0.05, 0.1) is 13.0 Å². The number of rotatable bonds is 7. The summed E-state index contributed by atoms with van der Waals surface area (Å²) in [5, 5.41) is 0. The highest BCUT2D eigenvalue weighted by molar-refractivity contribution is 5.82. The van der Waals surface area contributed by atoms with Gasteiger partial charge in [0.15, 0.2) is 6.61 Å². The smallest absolute Gasteiger partial charge is 0.276 e. The molecule has 0 atom stereocenters. The van der Waals surface area contributed by atoms with E-state index in [9.17, 15) is 9.59 Å². The summed E-state index contributed by atoms with van der Waals surface area (Å²) in [4.78, 5) is 23.6. The van der Waals surface area contributed by atoms with Crippen LogP contribution in [0.25, 0.3) is 0 Å². The molecular formula is C21H26N2O4. The molecule has 0 aliphatic rings. The Bertz CT molecular complexity index is 798. The Labute approximate surface area is 159 Å². The van der Waals surface area contributed by atoms with Crippen LogP contribution in [-0.2, 0) is 9.59 Å². The van der Waals surface area contributed by atoms with Crippen LogP contribution in [0.3, 0.4) is 0 Å². The Kier molecular flexibility index (Phi) is 7.23. The van der Waals surface area contributed by atoms with E-state index < -0.39 is 5.91 Å². The van der Waals surface area contributed by atoms with Crippen LogP contribution in [0.15, 0.2) is 36.4 Å². The summed E-state index contributed by atoms with van der Waals surface area (Å²) in [5.41, 5.74) is 8.99. The van der Waals surface area contributed by atoms with Gasteiger partial charge >= 0.3 is 0 Å². The first-order valence-electron chi connectivity index (χ1n) is 8.83. The van der Waals surface area contributed by atoms with Crippen molar-refractivity contribution in [1.82, 2.24) is 10.9 Å². The molecule has 0 aliphatic carbocycles. The summed E-state index contributed by atoms with van der Waals surface area (Å²) < 4.78 is 11.1. The molecule has 0 saturated heterocycles.